The van der Waals surface area contributed by atoms with Crippen molar-refractivity contribution in [2.24, 2.45) is 0 Å². The summed E-state index contributed by atoms with van der Waals surface area (Å²) in [5.74, 6) is 1.93. The van der Waals surface area contributed by atoms with Crippen molar-refractivity contribution in [2.75, 3.05) is 0 Å². The highest BCUT2D eigenvalue weighted by atomic mass is 16.1. The molecular weight excluding hydrogens is 160 g/mol. The van der Waals surface area contributed by atoms with Gasteiger partial charge in [-0.05, 0) is 30.7 Å². The van der Waals surface area contributed by atoms with Gasteiger partial charge in [0.2, 0.25) is 0 Å². The minimum absolute atomic E-state index is 0.623. The van der Waals surface area contributed by atoms with E-state index >= 15 is 0 Å². The standard InChI is InChI=1S/C12H12O/c1-3-6-10(2)12-8-5-4-7-11(12)9-13/h3-8H,1-2H3/b6-3-,12-10-. The highest BCUT2D eigenvalue weighted by Gasteiger charge is 1.87. The summed E-state index contributed by atoms with van der Waals surface area (Å²) >= 11 is 0. The van der Waals surface area contributed by atoms with Crippen LogP contribution in [0.25, 0.3) is 5.57 Å². The Labute approximate surface area is 77.7 Å². The van der Waals surface area contributed by atoms with E-state index in [9.17, 15) is 4.79 Å². The SMILES string of the molecule is C/C=C\C(C)=c1\ccccc1=C=O. The van der Waals surface area contributed by atoms with Crippen molar-refractivity contribution in [3.63, 3.8) is 0 Å². The van der Waals surface area contributed by atoms with Crippen LogP contribution in [-0.4, -0.2) is 5.94 Å². The molecule has 0 spiro atoms. The number of hydrogen-bond donors (Lipinski definition) is 0. The van der Waals surface area contributed by atoms with Gasteiger partial charge in [-0.15, -0.1) is 0 Å². The molecule has 1 nitrogen and oxygen atoms in total. The Balaban J connectivity index is 3.63. The summed E-state index contributed by atoms with van der Waals surface area (Å²) in [6, 6.07) is 7.46. The summed E-state index contributed by atoms with van der Waals surface area (Å²) in [5.41, 5.74) is 1.08. The van der Waals surface area contributed by atoms with Gasteiger partial charge in [0.15, 0.2) is 0 Å². The number of carbonyl (C=O) groups excluding carboxylic acids is 1. The maximum absolute atomic E-state index is 10.6. The third-order valence-electron chi connectivity index (χ3n) is 1.88. The molecule has 0 bridgehead atoms. The van der Waals surface area contributed by atoms with Gasteiger partial charge in [0.05, 0.1) is 5.22 Å². The van der Waals surface area contributed by atoms with Crippen molar-refractivity contribution >= 4 is 11.5 Å². The van der Waals surface area contributed by atoms with E-state index in [1.165, 1.54) is 0 Å². The van der Waals surface area contributed by atoms with Gasteiger partial charge >= 0.3 is 0 Å². The topological polar surface area (TPSA) is 17.1 Å². The molecule has 1 aromatic rings. The third-order valence-corrected chi connectivity index (χ3v) is 1.88. The Bertz CT molecular complexity index is 448. The summed E-state index contributed by atoms with van der Waals surface area (Å²) < 4.78 is 0. The van der Waals surface area contributed by atoms with Crippen LogP contribution < -0.4 is 10.4 Å². The molecule has 0 radical (unpaired) electrons. The Kier molecular flexibility index (Phi) is 3.24. The zero-order chi connectivity index (χ0) is 9.68. The Morgan fingerprint density at radius 3 is 2.69 bits per heavy atom. The maximum Gasteiger partial charge on any atom is 0.133 e. The monoisotopic (exact) mass is 172 g/mol. The molecule has 0 saturated carbocycles. The number of rotatable bonds is 1. The highest BCUT2D eigenvalue weighted by molar-refractivity contribution is 5.57. The summed E-state index contributed by atoms with van der Waals surface area (Å²) in [6.45, 7) is 3.94. The quantitative estimate of drug-likeness (QED) is 0.616. The summed E-state index contributed by atoms with van der Waals surface area (Å²) in [4.78, 5) is 10.6. The molecule has 0 saturated heterocycles. The highest BCUT2D eigenvalue weighted by Crippen LogP contribution is 1.90. The van der Waals surface area contributed by atoms with Gasteiger partial charge in [-0.25, -0.2) is 4.79 Å². The van der Waals surface area contributed by atoms with Crippen LogP contribution in [0.2, 0.25) is 0 Å². The zero-order valence-corrected chi connectivity index (χ0v) is 7.87. The van der Waals surface area contributed by atoms with Crippen LogP contribution >= 0.6 is 0 Å². The van der Waals surface area contributed by atoms with Crippen molar-refractivity contribution in [1.29, 1.82) is 0 Å². The molecular formula is C12H12O. The number of benzene rings is 1. The van der Waals surface area contributed by atoms with E-state index in [4.69, 9.17) is 0 Å². The minimum Gasteiger partial charge on any atom is -0.233 e. The van der Waals surface area contributed by atoms with Crippen LogP contribution in [0.5, 0.6) is 0 Å². The van der Waals surface area contributed by atoms with Gasteiger partial charge in [-0.1, -0.05) is 30.4 Å². The third kappa shape index (κ3) is 2.17. The lowest BCUT2D eigenvalue weighted by Gasteiger charge is -1.91. The first-order valence-corrected chi connectivity index (χ1v) is 4.23. The molecule has 1 rings (SSSR count). The average molecular weight is 172 g/mol. The lowest BCUT2D eigenvalue weighted by atomic mass is 10.1. The number of hydrogen-bond acceptors (Lipinski definition) is 1. The second kappa shape index (κ2) is 4.44. The molecule has 66 valence electrons. The lowest BCUT2D eigenvalue weighted by Crippen LogP contribution is -2.26. The van der Waals surface area contributed by atoms with Crippen molar-refractivity contribution < 1.29 is 4.79 Å². The molecule has 0 N–H and O–H groups in total. The molecule has 0 aliphatic heterocycles. The van der Waals surface area contributed by atoms with Crippen molar-refractivity contribution in [1.82, 2.24) is 0 Å². The van der Waals surface area contributed by atoms with E-state index < -0.39 is 0 Å². The summed E-state index contributed by atoms with van der Waals surface area (Å²) in [5, 5.41) is 1.58. The molecule has 0 atom stereocenters. The fourth-order valence-electron chi connectivity index (χ4n) is 1.26. The molecule has 0 amide bonds. The first-order chi connectivity index (χ1) is 6.29. The molecule has 13 heavy (non-hydrogen) atoms. The van der Waals surface area contributed by atoms with E-state index in [0.717, 1.165) is 10.8 Å². The minimum atomic E-state index is 0.623. The van der Waals surface area contributed by atoms with Gasteiger partial charge in [0, 0.05) is 0 Å². The largest absolute Gasteiger partial charge is 0.233 e. The second-order valence-electron chi connectivity index (χ2n) is 2.83. The van der Waals surface area contributed by atoms with E-state index in [2.05, 4.69) is 0 Å². The van der Waals surface area contributed by atoms with Gasteiger partial charge in [0.1, 0.15) is 5.94 Å². The summed E-state index contributed by atoms with van der Waals surface area (Å²) in [7, 11) is 0. The van der Waals surface area contributed by atoms with Crippen molar-refractivity contribution in [3.8, 4) is 0 Å². The van der Waals surface area contributed by atoms with Gasteiger partial charge in [-0.2, -0.15) is 0 Å². The molecule has 0 fully saturated rings. The smallest absolute Gasteiger partial charge is 0.133 e. The first-order valence-electron chi connectivity index (χ1n) is 4.23. The van der Waals surface area contributed by atoms with E-state index in [1.54, 1.807) is 6.07 Å². The normalized spacial score (nSPS) is 12.8. The molecule has 0 heterocycles. The van der Waals surface area contributed by atoms with Crippen molar-refractivity contribution in [2.45, 2.75) is 13.8 Å². The first kappa shape index (κ1) is 9.50. The predicted molar refractivity (Wildman–Crippen MR) is 54.4 cm³/mol. The fraction of sp³-hybridized carbons (Fsp3) is 0.167. The molecule has 0 aliphatic carbocycles. The van der Waals surface area contributed by atoms with E-state index in [-0.39, 0.29) is 0 Å². The summed E-state index contributed by atoms with van der Waals surface area (Å²) in [6.07, 6.45) is 3.94. The van der Waals surface area contributed by atoms with Crippen LogP contribution in [0.1, 0.15) is 13.8 Å². The van der Waals surface area contributed by atoms with Gasteiger partial charge in [-0.3, -0.25) is 0 Å². The van der Waals surface area contributed by atoms with Crippen molar-refractivity contribution in [3.05, 3.63) is 46.9 Å². The van der Waals surface area contributed by atoms with Crippen LogP contribution in [0.15, 0.2) is 36.4 Å². The van der Waals surface area contributed by atoms with Crippen LogP contribution in [-0.2, 0) is 4.79 Å². The maximum atomic E-state index is 10.6. The van der Waals surface area contributed by atoms with Crippen LogP contribution in [0.3, 0.4) is 0 Å². The molecule has 0 unspecified atom stereocenters. The molecule has 1 heteroatoms. The van der Waals surface area contributed by atoms with Crippen LogP contribution in [0, 0.1) is 0 Å². The zero-order valence-electron chi connectivity index (χ0n) is 7.87. The average Bonchev–Trinajstić information content (AvgIpc) is 2.18. The van der Waals surface area contributed by atoms with Gasteiger partial charge in [0.25, 0.3) is 0 Å². The van der Waals surface area contributed by atoms with E-state index in [1.807, 2.05) is 50.1 Å². The Morgan fingerprint density at radius 2 is 2.08 bits per heavy atom. The lowest BCUT2D eigenvalue weighted by molar-refractivity contribution is 0.567. The molecule has 1 aromatic carbocycles. The molecule has 0 aromatic heterocycles. The molecule has 0 aliphatic rings. The fourth-order valence-corrected chi connectivity index (χ4v) is 1.26. The second-order valence-corrected chi connectivity index (χ2v) is 2.83. The Morgan fingerprint density at radius 1 is 1.38 bits per heavy atom. The predicted octanol–water partition coefficient (Wildman–Crippen LogP) is 0.936. The number of allylic oxidation sites excluding steroid dienone is 2. The van der Waals surface area contributed by atoms with Gasteiger partial charge < -0.3 is 0 Å². The van der Waals surface area contributed by atoms with E-state index in [0.29, 0.717) is 5.22 Å². The Hall–Kier alpha value is -1.59. The van der Waals surface area contributed by atoms with Crippen LogP contribution in [0.4, 0.5) is 0 Å².